The van der Waals surface area contributed by atoms with Crippen LogP contribution in [0.1, 0.15) is 58.2 Å². The number of phosphoric ester groups is 1. The minimum Gasteiger partial charge on any atom is -0.790 e. The number of rotatable bonds is 3. The number of benzene rings is 1. The van der Waals surface area contributed by atoms with Gasteiger partial charge in [-0.3, -0.25) is 0 Å². The maximum atomic E-state index is 10.6. The average molecular weight is 354 g/mol. The van der Waals surface area contributed by atoms with Gasteiger partial charge in [0.1, 0.15) is 5.75 Å². The Morgan fingerprint density at radius 3 is 1.68 bits per heavy atom. The molecule has 0 aliphatic carbocycles. The Hall–Kier alpha value is 0.390. The van der Waals surface area contributed by atoms with Crippen LogP contribution in [0.2, 0.25) is 0 Å². The molecule has 0 radical (unpaired) electrons. The van der Waals surface area contributed by atoms with E-state index < -0.39 is 7.82 Å². The first kappa shape index (κ1) is 22.4. The van der Waals surface area contributed by atoms with Gasteiger partial charge in [0.2, 0.25) is 0 Å². The van der Waals surface area contributed by atoms with E-state index in [1.165, 1.54) is 0 Å². The number of phenols is 1. The fourth-order valence-electron chi connectivity index (χ4n) is 2.07. The van der Waals surface area contributed by atoms with E-state index in [1.807, 2.05) is 41.5 Å². The zero-order valence-electron chi connectivity index (χ0n) is 14.1. The summed E-state index contributed by atoms with van der Waals surface area (Å²) in [6, 6.07) is 3.36. The molecule has 0 aromatic heterocycles. The summed E-state index contributed by atoms with van der Waals surface area (Å²) < 4.78 is 15.0. The zero-order valence-corrected chi connectivity index (χ0v) is 17.2. The number of hydrogen-bond acceptors (Lipinski definition) is 5. The molecule has 120 valence electrons. The molecule has 1 N–H and O–H groups in total. The van der Waals surface area contributed by atoms with E-state index >= 15 is 0 Å². The maximum Gasteiger partial charge on any atom is 2.00 e. The van der Waals surface area contributed by atoms with Crippen molar-refractivity contribution in [2.45, 2.75) is 59.0 Å². The molecule has 22 heavy (non-hydrogen) atoms. The number of phosphoric acid groups is 1. The summed E-state index contributed by atoms with van der Waals surface area (Å²) in [4.78, 5) is 21.3. The van der Waals surface area contributed by atoms with Crippen LogP contribution in [-0.4, -0.2) is 42.8 Å². The van der Waals surface area contributed by atoms with E-state index in [-0.39, 0.29) is 60.9 Å². The van der Waals surface area contributed by atoms with Gasteiger partial charge in [-0.2, -0.15) is 0 Å². The maximum absolute atomic E-state index is 10.6. The fraction of sp³-hybridized carbons (Fsp3) is 0.600. The van der Waals surface area contributed by atoms with Crippen molar-refractivity contribution in [1.82, 2.24) is 0 Å². The Morgan fingerprint density at radius 1 is 1.05 bits per heavy atom. The third-order valence-electron chi connectivity index (χ3n) is 3.18. The van der Waals surface area contributed by atoms with Crippen LogP contribution in [0.15, 0.2) is 12.1 Å². The van der Waals surface area contributed by atoms with Crippen LogP contribution in [0.4, 0.5) is 0 Å². The molecule has 0 aliphatic heterocycles. The van der Waals surface area contributed by atoms with E-state index in [2.05, 4.69) is 4.52 Å². The predicted molar refractivity (Wildman–Crippen MR) is 83.7 cm³/mol. The third-order valence-corrected chi connectivity index (χ3v) is 3.62. The quantitative estimate of drug-likeness (QED) is 0.661. The Bertz CT molecular complexity index is 531. The first-order valence-corrected chi connectivity index (χ1v) is 8.21. The van der Waals surface area contributed by atoms with Crippen LogP contribution in [-0.2, 0) is 26.5 Å². The largest absolute Gasteiger partial charge is 2.00 e. The molecule has 0 heterocycles. The van der Waals surface area contributed by atoms with Crippen molar-refractivity contribution in [2.75, 3.05) is 0 Å². The number of hydrogen-bond donors (Lipinski definition) is 1. The van der Waals surface area contributed by atoms with E-state index in [0.717, 1.165) is 0 Å². The normalized spacial score (nSPS) is 12.9. The van der Waals surface area contributed by atoms with Crippen LogP contribution >= 0.6 is 7.82 Å². The molecule has 0 unspecified atom stereocenters. The molecular weight excluding hydrogens is 331 g/mol. The monoisotopic (exact) mass is 354 g/mol. The number of phenolic OH excluding ortho intramolecular Hbond substituents is 1. The Kier molecular flexibility index (Phi) is 7.65. The van der Waals surface area contributed by atoms with Crippen molar-refractivity contribution in [1.29, 1.82) is 0 Å². The predicted octanol–water partition coefficient (Wildman–Crippen LogP) is 1.95. The summed E-state index contributed by atoms with van der Waals surface area (Å²) in [6.07, 6.45) is 0. The topological polar surface area (TPSA) is 92.7 Å². The Morgan fingerprint density at radius 2 is 1.41 bits per heavy atom. The van der Waals surface area contributed by atoms with Gasteiger partial charge in [0, 0.05) is 0 Å². The van der Waals surface area contributed by atoms with Crippen molar-refractivity contribution in [3.05, 3.63) is 28.8 Å². The average Bonchev–Trinajstić information content (AvgIpc) is 2.23. The Labute approximate surface area is 162 Å². The standard InChI is InChI=1S/C15H25O5P.Ca/c1-14(2,3)11-7-10(9-20-21(17,18)19)8-12(13(11)16)15(4,5)6;/h7-8,16H,9H2,1-6H3,(H2,17,18,19);/q;+2/p-2. The summed E-state index contributed by atoms with van der Waals surface area (Å²) in [6.45, 7) is 11.4. The van der Waals surface area contributed by atoms with Crippen LogP contribution in [0.3, 0.4) is 0 Å². The second-order valence-corrected chi connectivity index (χ2v) is 8.41. The molecule has 0 bridgehead atoms. The summed E-state index contributed by atoms with van der Waals surface area (Å²) in [5, 5.41) is 10.5. The van der Waals surface area contributed by atoms with Gasteiger partial charge >= 0.3 is 37.7 Å². The summed E-state index contributed by atoms with van der Waals surface area (Å²) >= 11 is 0. The minimum atomic E-state index is -5.02. The molecule has 1 aromatic carbocycles. The van der Waals surface area contributed by atoms with Gasteiger partial charge in [-0.05, 0) is 39.7 Å². The van der Waals surface area contributed by atoms with E-state index in [9.17, 15) is 19.5 Å². The molecule has 0 amide bonds. The van der Waals surface area contributed by atoms with Crippen LogP contribution in [0.5, 0.6) is 5.75 Å². The fourth-order valence-corrected chi connectivity index (χ4v) is 2.38. The molecule has 1 aromatic rings. The molecular formula is C15H23CaO5P. The molecule has 7 heteroatoms. The van der Waals surface area contributed by atoms with E-state index in [4.69, 9.17) is 0 Å². The second kappa shape index (κ2) is 7.52. The Balaban J connectivity index is 0.00000441. The molecule has 0 fully saturated rings. The SMILES string of the molecule is CC(C)(C)c1cc(COP(=O)([O-])[O-])cc(C(C)(C)C)c1O.[Ca+2]. The first-order chi connectivity index (χ1) is 9.22. The second-order valence-electron chi connectivity index (χ2n) is 7.26. The molecule has 1 rings (SSSR count). The molecule has 0 spiro atoms. The number of aromatic hydroxyl groups is 1. The smallest absolute Gasteiger partial charge is 0.790 e. The van der Waals surface area contributed by atoms with Crippen LogP contribution < -0.4 is 9.79 Å². The minimum absolute atomic E-state index is 0. The van der Waals surface area contributed by atoms with Crippen LogP contribution in [0, 0.1) is 0 Å². The van der Waals surface area contributed by atoms with Gasteiger partial charge in [0.25, 0.3) is 0 Å². The van der Waals surface area contributed by atoms with Gasteiger partial charge in [-0.1, -0.05) is 41.5 Å². The van der Waals surface area contributed by atoms with E-state index in [0.29, 0.717) is 16.7 Å². The molecule has 0 atom stereocenters. The van der Waals surface area contributed by atoms with Crippen molar-refractivity contribution >= 4 is 45.6 Å². The summed E-state index contributed by atoms with van der Waals surface area (Å²) in [7, 11) is -5.02. The zero-order chi connectivity index (χ0) is 16.6. The van der Waals surface area contributed by atoms with Crippen molar-refractivity contribution in [3.63, 3.8) is 0 Å². The van der Waals surface area contributed by atoms with Crippen molar-refractivity contribution in [2.24, 2.45) is 0 Å². The molecule has 0 aliphatic rings. The van der Waals surface area contributed by atoms with Gasteiger partial charge in [0.05, 0.1) is 14.4 Å². The van der Waals surface area contributed by atoms with Gasteiger partial charge in [-0.25, -0.2) is 0 Å². The van der Waals surface area contributed by atoms with Gasteiger partial charge < -0.3 is 24.0 Å². The van der Waals surface area contributed by atoms with Crippen LogP contribution in [0.25, 0.3) is 0 Å². The van der Waals surface area contributed by atoms with E-state index in [1.54, 1.807) is 12.1 Å². The summed E-state index contributed by atoms with van der Waals surface area (Å²) in [5.74, 6) is 0.200. The third kappa shape index (κ3) is 6.48. The molecule has 0 saturated carbocycles. The van der Waals surface area contributed by atoms with Crippen molar-refractivity contribution < 1.29 is 24.0 Å². The summed E-state index contributed by atoms with van der Waals surface area (Å²) in [5.41, 5.74) is 1.30. The van der Waals surface area contributed by atoms with Gasteiger partial charge in [-0.15, -0.1) is 0 Å². The van der Waals surface area contributed by atoms with Crippen molar-refractivity contribution in [3.8, 4) is 5.75 Å². The molecule has 0 saturated heterocycles. The first-order valence-electron chi connectivity index (χ1n) is 6.75. The van der Waals surface area contributed by atoms with Gasteiger partial charge in [0.15, 0.2) is 0 Å². The molecule has 5 nitrogen and oxygen atoms in total.